The number of hydrogen-bond acceptors (Lipinski definition) is 1. The van der Waals surface area contributed by atoms with Crippen molar-refractivity contribution in [2.24, 2.45) is 0 Å². The average molecular weight is 435 g/mol. The molecular weight excluding hydrogens is 410 g/mol. The zero-order valence-electron chi connectivity index (χ0n) is 15.4. The molecule has 2 aromatic carbocycles. The van der Waals surface area contributed by atoms with Crippen LogP contribution in [0.2, 0.25) is 0 Å². The van der Waals surface area contributed by atoms with Crippen molar-refractivity contribution in [3.63, 3.8) is 0 Å². The molecule has 0 unspecified atom stereocenters. The third kappa shape index (κ3) is 4.98. The first-order valence-corrected chi connectivity index (χ1v) is 10.8. The Labute approximate surface area is 168 Å². The van der Waals surface area contributed by atoms with E-state index >= 15 is 0 Å². The van der Waals surface area contributed by atoms with Crippen molar-refractivity contribution in [3.8, 4) is 5.75 Å². The topological polar surface area (TPSA) is 20.2 Å². The van der Waals surface area contributed by atoms with E-state index in [0.29, 0.717) is 0 Å². The Bertz CT molecular complexity index is 812. The SMILES string of the molecule is Oc1cc2c(cc1F)C(CCCCCCBr)=C(c1ccc(F)cc1)CCC2. The van der Waals surface area contributed by atoms with Gasteiger partial charge in [-0.15, -0.1) is 0 Å². The van der Waals surface area contributed by atoms with Crippen molar-refractivity contribution < 1.29 is 13.9 Å². The van der Waals surface area contributed by atoms with E-state index in [9.17, 15) is 13.9 Å². The quantitative estimate of drug-likeness (QED) is 0.358. The molecule has 0 saturated heterocycles. The molecule has 0 heterocycles. The van der Waals surface area contributed by atoms with Crippen molar-refractivity contribution >= 4 is 27.1 Å². The van der Waals surface area contributed by atoms with Gasteiger partial charge in [0, 0.05) is 5.33 Å². The number of phenols is 1. The molecule has 0 saturated carbocycles. The van der Waals surface area contributed by atoms with E-state index < -0.39 is 5.82 Å². The van der Waals surface area contributed by atoms with Crippen molar-refractivity contribution in [2.75, 3.05) is 5.33 Å². The Morgan fingerprint density at radius 3 is 2.41 bits per heavy atom. The van der Waals surface area contributed by atoms with E-state index in [1.54, 1.807) is 6.07 Å². The highest BCUT2D eigenvalue weighted by molar-refractivity contribution is 9.09. The highest BCUT2D eigenvalue weighted by Gasteiger charge is 2.20. The number of phenolic OH excluding ortho intramolecular Hbond substituents is 1. The number of benzene rings is 2. The van der Waals surface area contributed by atoms with Gasteiger partial charge in [0.05, 0.1) is 0 Å². The fraction of sp³-hybridized carbons (Fsp3) is 0.391. The molecule has 0 fully saturated rings. The van der Waals surface area contributed by atoms with E-state index in [1.165, 1.54) is 30.2 Å². The third-order valence-electron chi connectivity index (χ3n) is 5.24. The van der Waals surface area contributed by atoms with Crippen molar-refractivity contribution in [2.45, 2.75) is 51.4 Å². The van der Waals surface area contributed by atoms with Crippen LogP contribution in [0.15, 0.2) is 36.4 Å². The second-order valence-electron chi connectivity index (χ2n) is 7.13. The maximum Gasteiger partial charge on any atom is 0.165 e. The van der Waals surface area contributed by atoms with Crippen molar-refractivity contribution in [1.82, 2.24) is 0 Å². The van der Waals surface area contributed by atoms with Gasteiger partial charge in [-0.25, -0.2) is 8.78 Å². The molecule has 144 valence electrons. The van der Waals surface area contributed by atoms with Gasteiger partial charge in [-0.1, -0.05) is 40.9 Å². The van der Waals surface area contributed by atoms with Gasteiger partial charge in [-0.2, -0.15) is 0 Å². The summed E-state index contributed by atoms with van der Waals surface area (Å²) in [6, 6.07) is 9.66. The lowest BCUT2D eigenvalue weighted by Crippen LogP contribution is -1.96. The van der Waals surface area contributed by atoms with Crippen LogP contribution >= 0.6 is 15.9 Å². The first kappa shape index (κ1) is 20.1. The normalized spacial score (nSPS) is 14.2. The van der Waals surface area contributed by atoms with Gasteiger partial charge in [-0.05, 0) is 90.6 Å². The summed E-state index contributed by atoms with van der Waals surface area (Å²) in [4.78, 5) is 0. The lowest BCUT2D eigenvalue weighted by Gasteiger charge is -2.17. The minimum absolute atomic E-state index is 0.249. The Balaban J connectivity index is 2.00. The van der Waals surface area contributed by atoms with E-state index in [-0.39, 0.29) is 11.6 Å². The van der Waals surface area contributed by atoms with Crippen LogP contribution in [0, 0.1) is 11.6 Å². The number of hydrogen-bond donors (Lipinski definition) is 1. The Morgan fingerprint density at radius 1 is 0.926 bits per heavy atom. The average Bonchev–Trinajstić information content (AvgIpc) is 2.82. The minimum Gasteiger partial charge on any atom is -0.505 e. The van der Waals surface area contributed by atoms with Crippen LogP contribution in [0.5, 0.6) is 5.75 Å². The van der Waals surface area contributed by atoms with Gasteiger partial charge in [0.2, 0.25) is 0 Å². The predicted molar refractivity (Wildman–Crippen MR) is 111 cm³/mol. The van der Waals surface area contributed by atoms with E-state index in [1.807, 2.05) is 12.1 Å². The number of alkyl halides is 1. The molecule has 1 N–H and O–H groups in total. The molecule has 0 radical (unpaired) electrons. The molecule has 0 bridgehead atoms. The first-order chi connectivity index (χ1) is 13.1. The minimum atomic E-state index is -0.578. The second-order valence-corrected chi connectivity index (χ2v) is 7.92. The summed E-state index contributed by atoms with van der Waals surface area (Å²) in [5.41, 5.74) is 5.24. The molecule has 1 aliphatic carbocycles. The Hall–Kier alpha value is -1.68. The lowest BCUT2D eigenvalue weighted by molar-refractivity contribution is 0.431. The predicted octanol–water partition coefficient (Wildman–Crippen LogP) is 7.26. The molecule has 1 nitrogen and oxygen atoms in total. The third-order valence-corrected chi connectivity index (χ3v) is 5.80. The first-order valence-electron chi connectivity index (χ1n) is 9.66. The molecule has 27 heavy (non-hydrogen) atoms. The maximum absolute atomic E-state index is 14.2. The molecule has 4 heteroatoms. The Morgan fingerprint density at radius 2 is 1.67 bits per heavy atom. The van der Waals surface area contributed by atoms with Crippen LogP contribution < -0.4 is 0 Å². The molecule has 0 aliphatic heterocycles. The van der Waals surface area contributed by atoms with Gasteiger partial charge in [0.15, 0.2) is 11.6 Å². The smallest absolute Gasteiger partial charge is 0.165 e. The summed E-state index contributed by atoms with van der Waals surface area (Å²) in [5, 5.41) is 10.8. The zero-order valence-corrected chi connectivity index (χ0v) is 17.0. The largest absolute Gasteiger partial charge is 0.505 e. The summed E-state index contributed by atoms with van der Waals surface area (Å²) in [6.07, 6.45) is 7.96. The Kier molecular flexibility index (Phi) is 7.06. The fourth-order valence-corrected chi connectivity index (χ4v) is 4.26. The van der Waals surface area contributed by atoms with Gasteiger partial charge in [-0.3, -0.25) is 0 Å². The molecular formula is C23H25BrF2O. The molecule has 0 spiro atoms. The standard InChI is InChI=1S/C23H25BrF2O/c24-13-4-2-1-3-7-20-19(16-9-11-18(25)12-10-16)8-5-6-17-14-23(27)22(26)15-21(17)20/h9-12,14-15,27H,1-8,13H2. The van der Waals surface area contributed by atoms with Gasteiger partial charge < -0.3 is 5.11 Å². The molecule has 0 amide bonds. The molecule has 0 aromatic heterocycles. The number of aromatic hydroxyl groups is 1. The van der Waals surface area contributed by atoms with E-state index in [4.69, 9.17) is 0 Å². The van der Waals surface area contributed by atoms with E-state index in [0.717, 1.165) is 72.5 Å². The highest BCUT2D eigenvalue weighted by atomic mass is 79.9. The van der Waals surface area contributed by atoms with Crippen molar-refractivity contribution in [1.29, 1.82) is 0 Å². The van der Waals surface area contributed by atoms with Gasteiger partial charge >= 0.3 is 0 Å². The molecule has 0 atom stereocenters. The lowest BCUT2D eigenvalue weighted by atomic mass is 9.89. The molecule has 3 rings (SSSR count). The summed E-state index contributed by atoms with van der Waals surface area (Å²) in [7, 11) is 0. The van der Waals surface area contributed by atoms with Crippen molar-refractivity contribution in [3.05, 3.63) is 64.7 Å². The summed E-state index contributed by atoms with van der Waals surface area (Å²) < 4.78 is 27.5. The maximum atomic E-state index is 14.2. The number of aryl methyl sites for hydroxylation is 1. The highest BCUT2D eigenvalue weighted by Crippen LogP contribution is 2.40. The number of unbranched alkanes of at least 4 members (excludes halogenated alkanes) is 3. The van der Waals surface area contributed by atoms with Gasteiger partial charge in [0.25, 0.3) is 0 Å². The number of allylic oxidation sites excluding steroid dienone is 2. The van der Waals surface area contributed by atoms with E-state index in [2.05, 4.69) is 15.9 Å². The molecule has 1 aliphatic rings. The van der Waals surface area contributed by atoms with Crippen LogP contribution in [0.4, 0.5) is 8.78 Å². The van der Waals surface area contributed by atoms with Crippen LogP contribution in [-0.4, -0.2) is 10.4 Å². The second kappa shape index (κ2) is 9.50. The summed E-state index contributed by atoms with van der Waals surface area (Å²) >= 11 is 3.47. The number of rotatable bonds is 7. The van der Waals surface area contributed by atoms with Crippen LogP contribution in [0.3, 0.4) is 0 Å². The zero-order chi connectivity index (χ0) is 19.2. The number of halogens is 3. The fourth-order valence-electron chi connectivity index (χ4n) is 3.87. The monoisotopic (exact) mass is 434 g/mol. The van der Waals surface area contributed by atoms with Crippen LogP contribution in [0.25, 0.3) is 11.1 Å². The molecule has 2 aromatic rings. The van der Waals surface area contributed by atoms with Gasteiger partial charge in [0.1, 0.15) is 5.82 Å². The summed E-state index contributed by atoms with van der Waals surface area (Å²) in [5.74, 6) is -1.11. The van der Waals surface area contributed by atoms with Crippen LogP contribution in [0.1, 0.15) is 61.6 Å². The summed E-state index contributed by atoms with van der Waals surface area (Å²) in [6.45, 7) is 0. The number of fused-ring (bicyclic) bond motifs is 1. The van der Waals surface area contributed by atoms with Crippen LogP contribution in [-0.2, 0) is 6.42 Å².